The standard InChI is InChI=1S/C18H28N4O2/c1-11(2)22-9-14(19-10-22)16(23)21-7-12-13(8-21)15(12)17(24)20(6)18(3,4)5/h9-13,15H,7-8H2,1-6H3. The van der Waals surface area contributed by atoms with Crippen LogP contribution in [0, 0.1) is 17.8 Å². The summed E-state index contributed by atoms with van der Waals surface area (Å²) in [7, 11) is 1.87. The molecule has 0 N–H and O–H groups in total. The average molecular weight is 332 g/mol. The number of carbonyl (C=O) groups excluding carboxylic acids is 2. The van der Waals surface area contributed by atoms with Crippen LogP contribution in [-0.4, -0.2) is 56.8 Å². The van der Waals surface area contributed by atoms with Crippen LogP contribution in [0.15, 0.2) is 12.5 Å². The van der Waals surface area contributed by atoms with Crippen molar-refractivity contribution in [2.24, 2.45) is 17.8 Å². The minimum atomic E-state index is -0.160. The molecule has 2 atom stereocenters. The third-order valence-electron chi connectivity index (χ3n) is 5.52. The van der Waals surface area contributed by atoms with Gasteiger partial charge in [0, 0.05) is 43.8 Å². The lowest BCUT2D eigenvalue weighted by atomic mass is 10.1. The van der Waals surface area contributed by atoms with Gasteiger partial charge in [0.05, 0.1) is 6.33 Å². The van der Waals surface area contributed by atoms with Crippen LogP contribution in [-0.2, 0) is 4.79 Å². The summed E-state index contributed by atoms with van der Waals surface area (Å²) in [5.41, 5.74) is 0.340. The first-order valence-electron chi connectivity index (χ1n) is 8.71. The molecule has 2 aliphatic rings. The highest BCUT2D eigenvalue weighted by molar-refractivity contribution is 5.93. The first-order valence-corrected chi connectivity index (χ1v) is 8.71. The fourth-order valence-corrected chi connectivity index (χ4v) is 3.50. The Balaban J connectivity index is 1.59. The van der Waals surface area contributed by atoms with Gasteiger partial charge >= 0.3 is 0 Å². The molecule has 2 amide bonds. The van der Waals surface area contributed by atoms with E-state index in [-0.39, 0.29) is 23.3 Å². The Morgan fingerprint density at radius 1 is 1.25 bits per heavy atom. The van der Waals surface area contributed by atoms with E-state index in [1.165, 1.54) is 0 Å². The lowest BCUT2D eigenvalue weighted by Crippen LogP contribution is -2.45. The lowest BCUT2D eigenvalue weighted by molar-refractivity contribution is -0.136. The fourth-order valence-electron chi connectivity index (χ4n) is 3.50. The molecule has 0 spiro atoms. The van der Waals surface area contributed by atoms with Crippen molar-refractivity contribution in [3.63, 3.8) is 0 Å². The molecule has 1 aromatic rings. The third kappa shape index (κ3) is 2.82. The van der Waals surface area contributed by atoms with E-state index in [0.717, 1.165) is 0 Å². The topological polar surface area (TPSA) is 58.4 Å². The van der Waals surface area contributed by atoms with Gasteiger partial charge < -0.3 is 14.4 Å². The van der Waals surface area contributed by atoms with Gasteiger partial charge in [-0.1, -0.05) is 0 Å². The van der Waals surface area contributed by atoms with Crippen molar-refractivity contribution < 1.29 is 9.59 Å². The predicted molar refractivity (Wildman–Crippen MR) is 91.5 cm³/mol. The van der Waals surface area contributed by atoms with Gasteiger partial charge in [-0.05, 0) is 46.5 Å². The molecule has 132 valence electrons. The van der Waals surface area contributed by atoms with Gasteiger partial charge in [0.25, 0.3) is 5.91 Å². The molecule has 2 heterocycles. The van der Waals surface area contributed by atoms with Crippen molar-refractivity contribution >= 4 is 11.8 Å². The highest BCUT2D eigenvalue weighted by atomic mass is 16.2. The molecular weight excluding hydrogens is 304 g/mol. The van der Waals surface area contributed by atoms with E-state index in [1.807, 2.05) is 48.4 Å². The molecule has 0 radical (unpaired) electrons. The summed E-state index contributed by atoms with van der Waals surface area (Å²) in [6, 6.07) is 0.293. The van der Waals surface area contributed by atoms with Gasteiger partial charge in [-0.15, -0.1) is 0 Å². The number of amides is 2. The quantitative estimate of drug-likeness (QED) is 0.851. The van der Waals surface area contributed by atoms with Crippen molar-refractivity contribution in [1.82, 2.24) is 19.4 Å². The number of aromatic nitrogens is 2. The Morgan fingerprint density at radius 3 is 2.29 bits per heavy atom. The second-order valence-electron chi connectivity index (χ2n) is 8.43. The van der Waals surface area contributed by atoms with Crippen LogP contribution < -0.4 is 0 Å². The van der Waals surface area contributed by atoms with Crippen LogP contribution in [0.25, 0.3) is 0 Å². The number of fused-ring (bicyclic) bond motifs is 1. The summed E-state index contributed by atoms with van der Waals surface area (Å²) in [5.74, 6) is 0.925. The van der Waals surface area contributed by atoms with E-state index in [2.05, 4.69) is 18.8 Å². The summed E-state index contributed by atoms with van der Waals surface area (Å²) in [6.07, 6.45) is 3.52. The highest BCUT2D eigenvalue weighted by Crippen LogP contribution is 2.53. The second kappa shape index (κ2) is 5.60. The van der Waals surface area contributed by atoms with Gasteiger partial charge in [0.1, 0.15) is 5.69 Å². The van der Waals surface area contributed by atoms with Crippen LogP contribution >= 0.6 is 0 Å². The number of rotatable bonds is 3. The number of imidazole rings is 1. The minimum absolute atomic E-state index is 0.0167. The molecule has 0 aromatic carbocycles. The molecule has 2 unspecified atom stereocenters. The van der Waals surface area contributed by atoms with Crippen molar-refractivity contribution in [3.8, 4) is 0 Å². The first kappa shape index (κ1) is 17.0. The molecule has 1 aromatic heterocycles. The fraction of sp³-hybridized carbons (Fsp3) is 0.722. The zero-order chi connectivity index (χ0) is 17.8. The SMILES string of the molecule is CC(C)n1cnc(C(=O)N2CC3C(C2)C3C(=O)N(C)C(C)(C)C)c1. The van der Waals surface area contributed by atoms with E-state index < -0.39 is 0 Å². The Morgan fingerprint density at radius 2 is 1.83 bits per heavy atom. The molecule has 1 saturated carbocycles. The monoisotopic (exact) mass is 332 g/mol. The molecule has 24 heavy (non-hydrogen) atoms. The molecule has 1 aliphatic carbocycles. The number of nitrogens with zero attached hydrogens (tertiary/aromatic N) is 4. The molecular formula is C18H28N4O2. The number of carbonyl (C=O) groups is 2. The van der Waals surface area contributed by atoms with Crippen LogP contribution in [0.5, 0.6) is 0 Å². The summed E-state index contributed by atoms with van der Waals surface area (Å²) >= 11 is 0. The summed E-state index contributed by atoms with van der Waals surface area (Å²) in [6.45, 7) is 11.6. The summed E-state index contributed by atoms with van der Waals surface area (Å²) < 4.78 is 1.94. The Bertz CT molecular complexity index is 646. The van der Waals surface area contributed by atoms with Gasteiger partial charge in [-0.3, -0.25) is 9.59 Å². The predicted octanol–water partition coefficient (Wildman–Crippen LogP) is 2.04. The van der Waals surface area contributed by atoms with Gasteiger partial charge in [0.2, 0.25) is 5.91 Å². The Labute approximate surface area is 143 Å². The van der Waals surface area contributed by atoms with E-state index in [4.69, 9.17) is 0 Å². The molecule has 6 nitrogen and oxygen atoms in total. The lowest BCUT2D eigenvalue weighted by Gasteiger charge is -2.33. The van der Waals surface area contributed by atoms with Crippen LogP contribution in [0.2, 0.25) is 0 Å². The molecule has 1 aliphatic heterocycles. The minimum Gasteiger partial charge on any atom is -0.341 e. The van der Waals surface area contributed by atoms with Crippen LogP contribution in [0.1, 0.15) is 51.1 Å². The molecule has 3 rings (SSSR count). The normalized spacial score (nSPS) is 25.8. The van der Waals surface area contributed by atoms with Gasteiger partial charge in [0.15, 0.2) is 0 Å². The maximum absolute atomic E-state index is 12.6. The first-order chi connectivity index (χ1) is 11.1. The second-order valence-corrected chi connectivity index (χ2v) is 8.43. The van der Waals surface area contributed by atoms with Crippen molar-refractivity contribution in [2.45, 2.75) is 46.2 Å². The number of hydrogen-bond acceptors (Lipinski definition) is 3. The van der Waals surface area contributed by atoms with E-state index in [1.54, 1.807) is 6.33 Å². The van der Waals surface area contributed by atoms with E-state index >= 15 is 0 Å². The summed E-state index contributed by atoms with van der Waals surface area (Å²) in [4.78, 5) is 33.1. The van der Waals surface area contributed by atoms with Crippen LogP contribution in [0.3, 0.4) is 0 Å². The summed E-state index contributed by atoms with van der Waals surface area (Å²) in [5, 5.41) is 0. The zero-order valence-corrected chi connectivity index (χ0v) is 15.5. The maximum atomic E-state index is 12.6. The Hall–Kier alpha value is -1.85. The number of hydrogen-bond donors (Lipinski definition) is 0. The molecule has 6 heteroatoms. The van der Waals surface area contributed by atoms with Crippen molar-refractivity contribution in [2.75, 3.05) is 20.1 Å². The van der Waals surface area contributed by atoms with Gasteiger partial charge in [-0.25, -0.2) is 4.98 Å². The Kier molecular flexibility index (Phi) is 3.97. The van der Waals surface area contributed by atoms with E-state index in [9.17, 15) is 9.59 Å². The van der Waals surface area contributed by atoms with Gasteiger partial charge in [-0.2, -0.15) is 0 Å². The number of likely N-dealkylation sites (tertiary alicyclic amines) is 1. The largest absolute Gasteiger partial charge is 0.341 e. The number of piperidine rings is 1. The zero-order valence-electron chi connectivity index (χ0n) is 15.5. The molecule has 0 bridgehead atoms. The van der Waals surface area contributed by atoms with Crippen molar-refractivity contribution in [1.29, 1.82) is 0 Å². The van der Waals surface area contributed by atoms with E-state index in [0.29, 0.717) is 36.7 Å². The van der Waals surface area contributed by atoms with Crippen LogP contribution in [0.4, 0.5) is 0 Å². The molecule has 1 saturated heterocycles. The van der Waals surface area contributed by atoms with Crippen molar-refractivity contribution in [3.05, 3.63) is 18.2 Å². The smallest absolute Gasteiger partial charge is 0.274 e. The average Bonchev–Trinajstić information content (AvgIpc) is 2.91. The maximum Gasteiger partial charge on any atom is 0.274 e. The third-order valence-corrected chi connectivity index (χ3v) is 5.52. The molecule has 2 fully saturated rings. The highest BCUT2D eigenvalue weighted by Gasteiger charge is 2.61.